The van der Waals surface area contributed by atoms with Gasteiger partial charge in [0.25, 0.3) is 0 Å². The van der Waals surface area contributed by atoms with Crippen molar-refractivity contribution in [3.63, 3.8) is 0 Å². The first-order valence-corrected chi connectivity index (χ1v) is 21.1. The number of amides is 9. The number of H-pyrrole nitrogens is 1. The Bertz CT molecular complexity index is 2140. The minimum Gasteiger partial charge on any atom is -0.481 e. The number of primary amides is 1. The van der Waals surface area contributed by atoms with Crippen molar-refractivity contribution < 1.29 is 78.3 Å². The second-order valence-corrected chi connectivity index (χ2v) is 16.3. The molecule has 0 aliphatic rings. The van der Waals surface area contributed by atoms with E-state index in [4.69, 9.17) is 16.6 Å². The Kier molecular flexibility index (Phi) is 22.8. The predicted molar refractivity (Wildman–Crippen MR) is 236 cm³/mol. The Morgan fingerprint density at radius 3 is 1.80 bits per heavy atom. The topological polar surface area (TPSA) is 466 Å². The maximum absolute atomic E-state index is 13.8. The number of benzene rings is 1. The number of aromatic nitrogens is 2. The summed E-state index contributed by atoms with van der Waals surface area (Å²) in [6.07, 6.45) is -2.57. The number of aliphatic carboxylic acids is 2. The van der Waals surface area contributed by atoms with Crippen LogP contribution in [0.4, 0.5) is 0 Å². The molecule has 0 unspecified atom stereocenters. The van der Waals surface area contributed by atoms with E-state index >= 15 is 0 Å². The monoisotopic (exact) mass is 976 g/mol. The lowest BCUT2D eigenvalue weighted by Gasteiger charge is -2.29. The highest BCUT2D eigenvalue weighted by Gasteiger charge is 2.37. The lowest BCUT2D eigenvalue weighted by atomic mass is 10.0. The van der Waals surface area contributed by atoms with Gasteiger partial charge in [0.2, 0.25) is 53.2 Å². The van der Waals surface area contributed by atoms with Gasteiger partial charge in [0, 0.05) is 31.2 Å². The van der Waals surface area contributed by atoms with E-state index in [2.05, 4.69) is 41.9 Å². The molecule has 1 aromatic carbocycles. The van der Waals surface area contributed by atoms with E-state index in [1.54, 1.807) is 30.3 Å². The third-order valence-corrected chi connectivity index (χ3v) is 9.93. The molecule has 0 fully saturated rings. The van der Waals surface area contributed by atoms with Crippen molar-refractivity contribution in [2.24, 2.45) is 11.5 Å². The van der Waals surface area contributed by atoms with Crippen molar-refractivity contribution in [1.29, 1.82) is 0 Å². The van der Waals surface area contributed by atoms with Gasteiger partial charge in [0.15, 0.2) is 0 Å². The number of carboxylic acids is 2. The zero-order valence-electron chi connectivity index (χ0n) is 38.0. The summed E-state index contributed by atoms with van der Waals surface area (Å²) in [6, 6.07) is -3.81. The highest BCUT2D eigenvalue weighted by molar-refractivity contribution is 5.98. The highest BCUT2D eigenvalue weighted by Crippen LogP contribution is 2.09. The summed E-state index contributed by atoms with van der Waals surface area (Å²) in [5.74, 6) is -12.7. The highest BCUT2D eigenvalue weighted by atomic mass is 16.4. The number of nitrogens with one attached hydrogen (secondary N) is 9. The smallest absolute Gasteiger partial charge is 0.326 e. The van der Waals surface area contributed by atoms with Gasteiger partial charge in [-0.2, -0.15) is 0 Å². The lowest BCUT2D eigenvalue weighted by Crippen LogP contribution is -2.63. The number of nitrogens with zero attached hydrogens (tertiary/aromatic N) is 1. The van der Waals surface area contributed by atoms with E-state index in [1.165, 1.54) is 26.4 Å². The van der Waals surface area contributed by atoms with Crippen LogP contribution < -0.4 is 54.0 Å². The van der Waals surface area contributed by atoms with Crippen LogP contribution in [0.15, 0.2) is 42.9 Å². The Morgan fingerprint density at radius 2 is 1.28 bits per heavy atom. The van der Waals surface area contributed by atoms with Crippen LogP contribution in [0.2, 0.25) is 0 Å². The van der Waals surface area contributed by atoms with Crippen LogP contribution in [0, 0.1) is 0 Å². The van der Waals surface area contributed by atoms with Gasteiger partial charge in [-0.1, -0.05) is 30.3 Å². The Hall–Kier alpha value is -7.56. The largest absolute Gasteiger partial charge is 0.481 e. The molecule has 9 amide bonds. The first-order valence-electron chi connectivity index (χ1n) is 21.1. The van der Waals surface area contributed by atoms with Crippen LogP contribution in [0.5, 0.6) is 0 Å². The molecule has 0 aliphatic carbocycles. The van der Waals surface area contributed by atoms with Gasteiger partial charge in [-0.05, 0) is 39.7 Å². The summed E-state index contributed by atoms with van der Waals surface area (Å²) in [5, 5.41) is 66.9. The lowest BCUT2D eigenvalue weighted by molar-refractivity contribution is -0.147. The number of carbonyl (C=O) groups is 11. The molecule has 69 heavy (non-hydrogen) atoms. The number of aliphatic hydroxyl groups is 3. The number of nitrogens with two attached hydrogens (primary N) is 2. The van der Waals surface area contributed by atoms with Gasteiger partial charge in [-0.25, -0.2) is 9.78 Å². The van der Waals surface area contributed by atoms with Gasteiger partial charge in [-0.15, -0.1) is 0 Å². The average Bonchev–Trinajstić information content (AvgIpc) is 3.78. The van der Waals surface area contributed by atoms with Crippen molar-refractivity contribution >= 4 is 65.1 Å². The SMILES string of the molecule is C[C@@H](O)[C@H](NC(=O)CNC(=O)[C@H](CCC(N)=O)NC(=O)C(C)(C)NC(=O)[C@@H](N)Cc1cnc[nH]1)C(=O)N[C@@H](Cc1ccccc1)C(=O)N[C@H](C(=O)N[C@@H](CO)C(=O)N[C@@H](CC(=O)O)C(=O)O)[C@@H](C)O. The number of rotatable bonds is 29. The molecule has 0 spiro atoms. The van der Waals surface area contributed by atoms with Crippen molar-refractivity contribution in [3.8, 4) is 0 Å². The van der Waals surface area contributed by atoms with Gasteiger partial charge in [0.05, 0.1) is 44.1 Å². The molecule has 9 atom stereocenters. The first-order chi connectivity index (χ1) is 32.2. The quantitative estimate of drug-likeness (QED) is 0.0360. The van der Waals surface area contributed by atoms with Crippen molar-refractivity contribution in [3.05, 3.63) is 54.1 Å². The van der Waals surface area contributed by atoms with Crippen molar-refractivity contribution in [1.82, 2.24) is 52.5 Å². The second-order valence-electron chi connectivity index (χ2n) is 16.3. The van der Waals surface area contributed by atoms with Gasteiger partial charge < -0.3 is 84.5 Å². The van der Waals surface area contributed by atoms with E-state index in [9.17, 15) is 73.2 Å². The fourth-order valence-electron chi connectivity index (χ4n) is 6.08. The molecule has 380 valence electrons. The normalized spacial score (nSPS) is 15.1. The van der Waals surface area contributed by atoms with Crippen LogP contribution in [0.25, 0.3) is 0 Å². The van der Waals surface area contributed by atoms with Crippen LogP contribution in [-0.2, 0) is 65.6 Å². The van der Waals surface area contributed by atoms with Gasteiger partial charge in [0.1, 0.15) is 41.8 Å². The standard InChI is InChI=1S/C41H60N12O16/c1-19(55)31(51-29(58)16-45-34(62)24(10-11-28(43)57)50-40(69)41(3,4)53-33(61)23(42)13-22-15-44-18-46-22)37(65)47-25(12-21-8-6-5-7-9-21)35(63)52-32(20(2)56)38(66)49-27(17-54)36(64)48-26(39(67)68)14-30(59)60/h5-9,15,18-20,23-27,31-32,54-56H,10-14,16-17,42H2,1-4H3,(H2,43,57)(H,44,46)(H,45,62)(H,47,65)(H,48,64)(H,49,66)(H,50,69)(H,51,58)(H,52,63)(H,53,61)(H,59,60)(H,67,68)/t19-,20-,23+,24+,25+,26+,27+,31+,32+/m1/s1. The fourth-order valence-corrected chi connectivity index (χ4v) is 6.08. The number of hydrogen-bond acceptors (Lipinski definition) is 16. The first kappa shape index (κ1) is 57.6. The molecule has 2 rings (SSSR count). The molecule has 28 heteroatoms. The summed E-state index contributed by atoms with van der Waals surface area (Å²) in [5.41, 5.74) is 10.6. The van der Waals surface area contributed by atoms with Crippen molar-refractivity contribution in [2.75, 3.05) is 13.2 Å². The number of hydrogen-bond donors (Lipinski definition) is 16. The zero-order chi connectivity index (χ0) is 52.2. The summed E-state index contributed by atoms with van der Waals surface area (Å²) in [4.78, 5) is 147. The van der Waals surface area contributed by atoms with Crippen LogP contribution in [-0.4, -0.2) is 174 Å². The van der Waals surface area contributed by atoms with Crippen LogP contribution >= 0.6 is 0 Å². The second kappa shape index (κ2) is 27.3. The maximum Gasteiger partial charge on any atom is 0.326 e. The van der Waals surface area contributed by atoms with Crippen molar-refractivity contribution in [2.45, 2.75) is 120 Å². The zero-order valence-corrected chi connectivity index (χ0v) is 38.0. The number of carbonyl (C=O) groups excluding carboxylic acids is 9. The number of carboxylic acid groups (broad SMARTS) is 2. The molecule has 18 N–H and O–H groups in total. The van der Waals surface area contributed by atoms with E-state index < -0.39 is 151 Å². The Balaban J connectivity index is 2.21. The molecule has 0 radical (unpaired) electrons. The average molecular weight is 977 g/mol. The molecule has 0 bridgehead atoms. The molecule has 0 aliphatic heterocycles. The molecule has 2 aromatic rings. The van der Waals surface area contributed by atoms with Crippen LogP contribution in [0.3, 0.4) is 0 Å². The van der Waals surface area contributed by atoms with E-state index in [1.807, 2.05) is 10.6 Å². The molecule has 0 saturated heterocycles. The van der Waals surface area contributed by atoms with E-state index in [0.29, 0.717) is 11.3 Å². The summed E-state index contributed by atoms with van der Waals surface area (Å²) < 4.78 is 0. The molecular weight excluding hydrogens is 917 g/mol. The molecule has 28 nitrogen and oxygen atoms in total. The molecular formula is C41H60N12O16. The molecule has 1 heterocycles. The summed E-state index contributed by atoms with van der Waals surface area (Å²) in [6.45, 7) is 2.80. The van der Waals surface area contributed by atoms with E-state index in [0.717, 1.165) is 13.8 Å². The third kappa shape index (κ3) is 19.7. The minimum atomic E-state index is -1.96. The maximum atomic E-state index is 13.8. The summed E-state index contributed by atoms with van der Waals surface area (Å²) in [7, 11) is 0. The summed E-state index contributed by atoms with van der Waals surface area (Å²) >= 11 is 0. The van der Waals surface area contributed by atoms with Gasteiger partial charge >= 0.3 is 11.9 Å². The Labute approximate surface area is 393 Å². The fraction of sp³-hybridized carbons (Fsp3) is 0.512. The minimum absolute atomic E-state index is 0.0557. The Morgan fingerprint density at radius 1 is 0.710 bits per heavy atom. The number of imidazole rings is 1. The molecule has 1 aromatic heterocycles. The third-order valence-electron chi connectivity index (χ3n) is 9.93. The van der Waals surface area contributed by atoms with Crippen LogP contribution in [0.1, 0.15) is 58.2 Å². The predicted octanol–water partition coefficient (Wildman–Crippen LogP) is -6.98. The van der Waals surface area contributed by atoms with Gasteiger partial charge in [-0.3, -0.25) is 47.9 Å². The van der Waals surface area contributed by atoms with E-state index in [-0.39, 0.29) is 19.3 Å². The molecule has 0 saturated carbocycles. The number of aliphatic hydroxyl groups excluding tert-OH is 3. The number of aromatic amines is 1.